The van der Waals surface area contributed by atoms with Crippen LogP contribution in [0.3, 0.4) is 0 Å². The van der Waals surface area contributed by atoms with E-state index in [1.54, 1.807) is 0 Å². The molecule has 0 amide bonds. The minimum atomic E-state index is 0.521. The Balaban J connectivity index is 2.10. The number of hydrogen-bond donors (Lipinski definition) is 1. The summed E-state index contributed by atoms with van der Waals surface area (Å²) in [5.41, 5.74) is 8.01. The van der Waals surface area contributed by atoms with Crippen LogP contribution in [-0.2, 0) is 13.1 Å². The van der Waals surface area contributed by atoms with E-state index in [4.69, 9.17) is 10.3 Å². The molecule has 0 saturated carbocycles. The second-order valence-corrected chi connectivity index (χ2v) is 3.85. The SMILES string of the molecule is NCc1cccc2ccn(Cc3ncon3)c12. The van der Waals surface area contributed by atoms with Gasteiger partial charge in [-0.25, -0.2) is 0 Å². The third kappa shape index (κ3) is 1.70. The van der Waals surface area contributed by atoms with E-state index in [1.165, 1.54) is 11.8 Å². The smallest absolute Gasteiger partial charge is 0.213 e. The van der Waals surface area contributed by atoms with Crippen molar-refractivity contribution in [3.63, 3.8) is 0 Å². The van der Waals surface area contributed by atoms with Crippen molar-refractivity contribution in [3.05, 3.63) is 48.2 Å². The molecule has 5 nitrogen and oxygen atoms in total. The normalized spacial score (nSPS) is 11.1. The third-order valence-electron chi connectivity index (χ3n) is 2.81. The van der Waals surface area contributed by atoms with Gasteiger partial charge < -0.3 is 14.8 Å². The Hall–Kier alpha value is -2.14. The summed E-state index contributed by atoms with van der Waals surface area (Å²) in [5.74, 6) is 0.661. The summed E-state index contributed by atoms with van der Waals surface area (Å²) in [4.78, 5) is 4.02. The molecule has 3 rings (SSSR count). The van der Waals surface area contributed by atoms with Gasteiger partial charge in [0.15, 0.2) is 5.82 Å². The summed E-state index contributed by atoms with van der Waals surface area (Å²) in [5, 5.41) is 4.99. The Bertz CT molecular complexity index is 627. The van der Waals surface area contributed by atoms with E-state index in [-0.39, 0.29) is 0 Å². The van der Waals surface area contributed by atoms with Gasteiger partial charge in [0.1, 0.15) is 0 Å². The van der Waals surface area contributed by atoms with Crippen molar-refractivity contribution in [3.8, 4) is 0 Å². The number of rotatable bonds is 3. The molecule has 3 aromatic rings. The Morgan fingerprint density at radius 2 is 2.24 bits per heavy atom. The van der Waals surface area contributed by atoms with E-state index in [0.717, 1.165) is 11.1 Å². The Morgan fingerprint density at radius 1 is 1.29 bits per heavy atom. The van der Waals surface area contributed by atoms with E-state index in [0.29, 0.717) is 18.9 Å². The monoisotopic (exact) mass is 228 g/mol. The van der Waals surface area contributed by atoms with E-state index in [2.05, 4.69) is 26.8 Å². The standard InChI is InChI=1S/C12H12N4O/c13-6-10-3-1-2-9-4-5-16(12(9)10)7-11-14-8-17-15-11/h1-5,8H,6-7,13H2. The van der Waals surface area contributed by atoms with Crippen LogP contribution >= 0.6 is 0 Å². The molecule has 0 bridgehead atoms. The van der Waals surface area contributed by atoms with Crippen LogP contribution in [0.2, 0.25) is 0 Å². The van der Waals surface area contributed by atoms with Crippen LogP contribution in [0.5, 0.6) is 0 Å². The van der Waals surface area contributed by atoms with Crippen molar-refractivity contribution >= 4 is 10.9 Å². The first-order valence-corrected chi connectivity index (χ1v) is 5.40. The van der Waals surface area contributed by atoms with Gasteiger partial charge in [-0.15, -0.1) is 0 Å². The molecule has 86 valence electrons. The molecule has 5 heteroatoms. The molecule has 0 radical (unpaired) electrons. The predicted octanol–water partition coefficient (Wildman–Crippen LogP) is 1.53. The van der Waals surface area contributed by atoms with Crippen molar-refractivity contribution in [2.45, 2.75) is 13.1 Å². The van der Waals surface area contributed by atoms with Crippen LogP contribution in [0.1, 0.15) is 11.4 Å². The molecule has 2 heterocycles. The second kappa shape index (κ2) is 4.03. The van der Waals surface area contributed by atoms with Crippen LogP contribution in [0.25, 0.3) is 10.9 Å². The minimum absolute atomic E-state index is 0.521. The van der Waals surface area contributed by atoms with Gasteiger partial charge in [-0.2, -0.15) is 4.98 Å². The molecule has 17 heavy (non-hydrogen) atoms. The van der Waals surface area contributed by atoms with Crippen LogP contribution in [0, 0.1) is 0 Å². The predicted molar refractivity (Wildman–Crippen MR) is 63.2 cm³/mol. The summed E-state index contributed by atoms with van der Waals surface area (Å²) < 4.78 is 6.82. The fourth-order valence-corrected chi connectivity index (χ4v) is 2.05. The minimum Gasteiger partial charge on any atom is -0.343 e. The number of aromatic nitrogens is 3. The molecule has 0 atom stereocenters. The van der Waals surface area contributed by atoms with Gasteiger partial charge in [0.05, 0.1) is 12.1 Å². The highest BCUT2D eigenvalue weighted by Crippen LogP contribution is 2.20. The van der Waals surface area contributed by atoms with Crippen LogP contribution in [0.4, 0.5) is 0 Å². The molecule has 1 aromatic carbocycles. The van der Waals surface area contributed by atoms with Gasteiger partial charge >= 0.3 is 0 Å². The Morgan fingerprint density at radius 3 is 3.00 bits per heavy atom. The first kappa shape index (κ1) is 10.0. The molecule has 2 aromatic heterocycles. The molecule has 0 unspecified atom stereocenters. The topological polar surface area (TPSA) is 69.9 Å². The average Bonchev–Trinajstić information content (AvgIpc) is 2.99. The molecule has 2 N–H and O–H groups in total. The van der Waals surface area contributed by atoms with E-state index in [9.17, 15) is 0 Å². The van der Waals surface area contributed by atoms with Crippen LogP contribution in [-0.4, -0.2) is 14.7 Å². The second-order valence-electron chi connectivity index (χ2n) is 3.85. The lowest BCUT2D eigenvalue weighted by Gasteiger charge is -2.06. The summed E-state index contributed by atoms with van der Waals surface area (Å²) in [7, 11) is 0. The van der Waals surface area contributed by atoms with Gasteiger partial charge in [0, 0.05) is 12.7 Å². The molecule has 0 saturated heterocycles. The zero-order valence-electron chi connectivity index (χ0n) is 9.21. The van der Waals surface area contributed by atoms with Gasteiger partial charge in [0.25, 0.3) is 0 Å². The number of hydrogen-bond acceptors (Lipinski definition) is 4. The highest BCUT2D eigenvalue weighted by molar-refractivity contribution is 5.83. The number of nitrogens with two attached hydrogens (primary N) is 1. The summed E-state index contributed by atoms with van der Waals surface area (Å²) in [6.45, 7) is 1.12. The van der Waals surface area contributed by atoms with E-state index < -0.39 is 0 Å². The maximum absolute atomic E-state index is 5.75. The zero-order chi connectivity index (χ0) is 11.7. The lowest BCUT2D eigenvalue weighted by molar-refractivity contribution is 0.408. The summed E-state index contributed by atoms with van der Waals surface area (Å²) >= 11 is 0. The first-order valence-electron chi connectivity index (χ1n) is 5.40. The molecule has 0 aliphatic heterocycles. The van der Waals surface area contributed by atoms with Crippen molar-refractivity contribution in [2.24, 2.45) is 5.73 Å². The Labute approximate surface area is 97.8 Å². The van der Waals surface area contributed by atoms with Gasteiger partial charge in [-0.05, 0) is 17.0 Å². The number of fused-ring (bicyclic) bond motifs is 1. The van der Waals surface area contributed by atoms with E-state index >= 15 is 0 Å². The quantitative estimate of drug-likeness (QED) is 0.738. The molecular weight excluding hydrogens is 216 g/mol. The average molecular weight is 228 g/mol. The van der Waals surface area contributed by atoms with Crippen molar-refractivity contribution in [2.75, 3.05) is 0 Å². The van der Waals surface area contributed by atoms with Crippen molar-refractivity contribution in [1.29, 1.82) is 0 Å². The third-order valence-corrected chi connectivity index (χ3v) is 2.81. The summed E-state index contributed by atoms with van der Waals surface area (Å²) in [6, 6.07) is 8.19. The molecule has 0 fully saturated rings. The largest absolute Gasteiger partial charge is 0.343 e. The molecule has 0 aliphatic carbocycles. The fraction of sp³-hybridized carbons (Fsp3) is 0.167. The maximum Gasteiger partial charge on any atom is 0.213 e. The van der Waals surface area contributed by atoms with Gasteiger partial charge in [-0.1, -0.05) is 23.4 Å². The lowest BCUT2D eigenvalue weighted by atomic mass is 10.1. The molecular formula is C12H12N4O. The number of benzene rings is 1. The van der Waals surface area contributed by atoms with Gasteiger partial charge in [0.2, 0.25) is 6.39 Å². The van der Waals surface area contributed by atoms with Crippen molar-refractivity contribution < 1.29 is 4.52 Å². The highest BCUT2D eigenvalue weighted by atomic mass is 16.5. The highest BCUT2D eigenvalue weighted by Gasteiger charge is 2.07. The van der Waals surface area contributed by atoms with Gasteiger partial charge in [-0.3, -0.25) is 0 Å². The molecule has 0 spiro atoms. The Kier molecular flexibility index (Phi) is 2.38. The van der Waals surface area contributed by atoms with Crippen LogP contribution in [0.15, 0.2) is 41.4 Å². The fourth-order valence-electron chi connectivity index (χ4n) is 2.05. The zero-order valence-corrected chi connectivity index (χ0v) is 9.21. The van der Waals surface area contributed by atoms with E-state index in [1.807, 2.05) is 18.3 Å². The number of nitrogens with zero attached hydrogens (tertiary/aromatic N) is 3. The van der Waals surface area contributed by atoms with Crippen LogP contribution < -0.4 is 5.73 Å². The maximum atomic E-state index is 5.75. The molecule has 0 aliphatic rings. The first-order chi connectivity index (χ1) is 8.38. The summed E-state index contributed by atoms with van der Waals surface area (Å²) in [6.07, 6.45) is 3.35. The lowest BCUT2D eigenvalue weighted by Crippen LogP contribution is -2.04. The number of para-hydroxylation sites is 1. The van der Waals surface area contributed by atoms with Crippen molar-refractivity contribution in [1.82, 2.24) is 14.7 Å².